The Morgan fingerprint density at radius 1 is 0.742 bits per heavy atom. The third-order valence-electron chi connectivity index (χ3n) is 7.07. The van der Waals surface area contributed by atoms with Crippen LogP contribution in [0.2, 0.25) is 0 Å². The number of nitrogens with zero attached hydrogens (tertiary/aromatic N) is 1. The number of hydrogen-bond acceptors (Lipinski definition) is 4. The normalized spacial score (nSPS) is 25.1. The summed E-state index contributed by atoms with van der Waals surface area (Å²) in [6, 6.07) is 24.1. The predicted octanol–water partition coefficient (Wildman–Crippen LogP) is 3.96. The Bertz CT molecular complexity index is 1090. The highest BCUT2D eigenvalue weighted by Crippen LogP contribution is 2.60. The van der Waals surface area contributed by atoms with E-state index in [0.29, 0.717) is 0 Å². The van der Waals surface area contributed by atoms with Gasteiger partial charge in [0, 0.05) is 17.5 Å². The fourth-order valence-electron chi connectivity index (χ4n) is 5.77. The van der Waals surface area contributed by atoms with Gasteiger partial charge in [0.05, 0.1) is 25.6 Å². The number of imide groups is 1. The number of ether oxygens (including phenoxy) is 1. The van der Waals surface area contributed by atoms with Gasteiger partial charge in [-0.15, -0.1) is 0 Å². The van der Waals surface area contributed by atoms with Crippen LogP contribution >= 0.6 is 0 Å². The summed E-state index contributed by atoms with van der Waals surface area (Å²) in [7, 11) is 1.62. The first-order valence-electron chi connectivity index (χ1n) is 10.6. The number of carbonyl (C=O) groups excluding carboxylic acids is 2. The van der Waals surface area contributed by atoms with Crippen molar-refractivity contribution in [1.82, 2.24) is 4.90 Å². The van der Waals surface area contributed by atoms with Crippen LogP contribution in [0, 0.1) is 11.8 Å². The molecule has 3 aromatic rings. The monoisotopic (exact) mass is 410 g/mol. The van der Waals surface area contributed by atoms with E-state index in [-0.39, 0.29) is 42.2 Å². The molecule has 1 heterocycles. The standard InChI is InChI=1S/C26H22N2O3/c1-31-16-12-10-15(11-13-16)27-14-28-25(29)23-21-17-6-2-3-7-18(17)22(24(23)26(28)30)20-9-5-4-8-19(20)21/h2-13,21-24,27H,14H2,1H3/t21?,22?,23-,24-/m1/s1. The molecule has 1 saturated heterocycles. The maximum absolute atomic E-state index is 13.5. The molecule has 5 nitrogen and oxygen atoms in total. The van der Waals surface area contributed by atoms with E-state index in [2.05, 4.69) is 29.6 Å². The van der Waals surface area contributed by atoms with Gasteiger partial charge >= 0.3 is 0 Å². The van der Waals surface area contributed by atoms with Crippen molar-refractivity contribution in [1.29, 1.82) is 0 Å². The Morgan fingerprint density at radius 3 is 1.61 bits per heavy atom. The molecule has 1 aliphatic heterocycles. The van der Waals surface area contributed by atoms with Crippen molar-refractivity contribution in [2.75, 3.05) is 19.1 Å². The first-order valence-corrected chi connectivity index (χ1v) is 10.6. The summed E-state index contributed by atoms with van der Waals surface area (Å²) in [5, 5.41) is 3.23. The van der Waals surface area contributed by atoms with Gasteiger partial charge in [0.2, 0.25) is 11.8 Å². The van der Waals surface area contributed by atoms with Gasteiger partial charge in [-0.2, -0.15) is 0 Å². The Morgan fingerprint density at radius 2 is 1.19 bits per heavy atom. The molecule has 5 heteroatoms. The van der Waals surface area contributed by atoms with Gasteiger partial charge in [0.1, 0.15) is 5.75 Å². The highest BCUT2D eigenvalue weighted by molar-refractivity contribution is 6.07. The highest BCUT2D eigenvalue weighted by Gasteiger charge is 2.61. The van der Waals surface area contributed by atoms with Crippen molar-refractivity contribution in [2.45, 2.75) is 11.8 Å². The second-order valence-electron chi connectivity index (χ2n) is 8.43. The van der Waals surface area contributed by atoms with Crippen LogP contribution in [0.15, 0.2) is 72.8 Å². The first-order chi connectivity index (χ1) is 15.2. The molecule has 2 atom stereocenters. The number of benzene rings is 3. The number of amides is 2. The summed E-state index contributed by atoms with van der Waals surface area (Å²) in [6.07, 6.45) is 0. The van der Waals surface area contributed by atoms with Gasteiger partial charge in [0.25, 0.3) is 0 Å². The zero-order valence-electron chi connectivity index (χ0n) is 17.1. The minimum absolute atomic E-state index is 0.0650. The topological polar surface area (TPSA) is 58.6 Å². The molecule has 0 aromatic heterocycles. The van der Waals surface area contributed by atoms with E-state index in [9.17, 15) is 9.59 Å². The lowest BCUT2D eigenvalue weighted by Crippen LogP contribution is -2.41. The minimum Gasteiger partial charge on any atom is -0.497 e. The summed E-state index contributed by atoms with van der Waals surface area (Å²) in [5.74, 6) is -0.184. The lowest BCUT2D eigenvalue weighted by Gasteiger charge is -2.45. The van der Waals surface area contributed by atoms with Crippen LogP contribution in [0.1, 0.15) is 34.1 Å². The second-order valence-corrected chi connectivity index (χ2v) is 8.43. The molecule has 7 rings (SSSR count). The summed E-state index contributed by atoms with van der Waals surface area (Å²) < 4.78 is 5.19. The van der Waals surface area contributed by atoms with E-state index in [0.717, 1.165) is 11.4 Å². The molecule has 154 valence electrons. The Hall–Kier alpha value is -3.60. The van der Waals surface area contributed by atoms with Gasteiger partial charge in [0.15, 0.2) is 0 Å². The minimum atomic E-state index is -0.333. The average Bonchev–Trinajstić information content (AvgIpc) is 3.08. The highest BCUT2D eigenvalue weighted by atomic mass is 16.5. The third-order valence-corrected chi connectivity index (χ3v) is 7.07. The van der Waals surface area contributed by atoms with Crippen molar-refractivity contribution in [3.63, 3.8) is 0 Å². The van der Waals surface area contributed by atoms with E-state index in [1.807, 2.05) is 48.5 Å². The van der Waals surface area contributed by atoms with E-state index in [1.54, 1.807) is 7.11 Å². The SMILES string of the molecule is COc1ccc(NCN2C(=O)[C@@H]3C4c5ccccc5C(c5ccccc54)[C@H]3C2=O)cc1. The number of rotatable bonds is 4. The molecule has 0 radical (unpaired) electrons. The summed E-state index contributed by atoms with van der Waals surface area (Å²) in [6.45, 7) is 0.170. The Kier molecular flexibility index (Phi) is 3.93. The van der Waals surface area contributed by atoms with Crippen molar-refractivity contribution in [3.05, 3.63) is 95.1 Å². The fraction of sp³-hybridized carbons (Fsp3) is 0.231. The number of anilines is 1. The van der Waals surface area contributed by atoms with Gasteiger partial charge in [-0.25, -0.2) is 0 Å². The molecule has 2 bridgehead atoms. The fourth-order valence-corrected chi connectivity index (χ4v) is 5.77. The predicted molar refractivity (Wildman–Crippen MR) is 117 cm³/mol. The molecule has 0 spiro atoms. The molecule has 0 saturated carbocycles. The number of likely N-dealkylation sites (tertiary alicyclic amines) is 1. The van der Waals surface area contributed by atoms with Crippen LogP contribution in [-0.4, -0.2) is 30.5 Å². The van der Waals surface area contributed by atoms with Crippen molar-refractivity contribution < 1.29 is 14.3 Å². The van der Waals surface area contributed by atoms with E-state index < -0.39 is 0 Å². The van der Waals surface area contributed by atoms with Crippen molar-refractivity contribution in [3.8, 4) is 5.75 Å². The van der Waals surface area contributed by atoms with Crippen molar-refractivity contribution in [2.24, 2.45) is 11.8 Å². The van der Waals surface area contributed by atoms with Gasteiger partial charge in [-0.1, -0.05) is 48.5 Å². The largest absolute Gasteiger partial charge is 0.497 e. The van der Waals surface area contributed by atoms with Gasteiger partial charge in [-0.3, -0.25) is 14.5 Å². The molecular weight excluding hydrogens is 388 g/mol. The van der Waals surface area contributed by atoms with Crippen LogP contribution in [0.3, 0.4) is 0 Å². The molecule has 1 fully saturated rings. The Balaban J connectivity index is 1.35. The summed E-state index contributed by atoms with van der Waals surface area (Å²) >= 11 is 0. The molecule has 1 N–H and O–H groups in total. The van der Waals surface area contributed by atoms with E-state index >= 15 is 0 Å². The van der Waals surface area contributed by atoms with Crippen LogP contribution in [-0.2, 0) is 9.59 Å². The maximum atomic E-state index is 13.5. The van der Waals surface area contributed by atoms with E-state index in [4.69, 9.17) is 4.74 Å². The molecule has 3 aliphatic carbocycles. The average molecular weight is 410 g/mol. The quantitative estimate of drug-likeness (QED) is 0.662. The number of hydrogen-bond donors (Lipinski definition) is 1. The molecule has 0 unspecified atom stereocenters. The second kappa shape index (κ2) is 6.71. The Labute approximate surface area is 180 Å². The van der Waals surface area contributed by atoms with Crippen LogP contribution < -0.4 is 10.1 Å². The van der Waals surface area contributed by atoms with E-state index in [1.165, 1.54) is 27.2 Å². The van der Waals surface area contributed by atoms with Crippen LogP contribution in [0.5, 0.6) is 5.75 Å². The smallest absolute Gasteiger partial charge is 0.235 e. The lowest BCUT2D eigenvalue weighted by molar-refractivity contribution is -0.139. The lowest BCUT2D eigenvalue weighted by atomic mass is 9.55. The number of carbonyl (C=O) groups is 2. The molecule has 4 aliphatic rings. The third kappa shape index (κ3) is 2.49. The van der Waals surface area contributed by atoms with Crippen molar-refractivity contribution >= 4 is 17.5 Å². The zero-order valence-corrected chi connectivity index (χ0v) is 17.1. The van der Waals surface area contributed by atoms with Gasteiger partial charge in [-0.05, 0) is 46.5 Å². The maximum Gasteiger partial charge on any atom is 0.235 e. The molecule has 2 amide bonds. The van der Waals surface area contributed by atoms with Crippen LogP contribution in [0.4, 0.5) is 5.69 Å². The summed E-state index contributed by atoms with van der Waals surface area (Å²) in [4.78, 5) is 28.5. The number of methoxy groups -OCH3 is 1. The van der Waals surface area contributed by atoms with Crippen LogP contribution in [0.25, 0.3) is 0 Å². The number of nitrogens with one attached hydrogen (secondary N) is 1. The summed E-state index contributed by atoms with van der Waals surface area (Å²) in [5.41, 5.74) is 5.61. The van der Waals surface area contributed by atoms with Gasteiger partial charge < -0.3 is 10.1 Å². The molecule has 3 aromatic carbocycles. The molecular formula is C26H22N2O3. The zero-order chi connectivity index (χ0) is 21.1. The molecule has 31 heavy (non-hydrogen) atoms. The first kappa shape index (κ1) is 18.2.